The quantitative estimate of drug-likeness (QED) is 0.924. The van der Waals surface area contributed by atoms with Gasteiger partial charge in [0.15, 0.2) is 0 Å². The molecule has 116 valence electrons. The van der Waals surface area contributed by atoms with Gasteiger partial charge in [-0.1, -0.05) is 26.0 Å². The first kappa shape index (κ1) is 14.9. The van der Waals surface area contributed by atoms with Gasteiger partial charge in [0, 0.05) is 37.9 Å². The second kappa shape index (κ2) is 5.98. The summed E-state index contributed by atoms with van der Waals surface area (Å²) in [4.78, 5) is 5.01. The molecule has 3 nitrogen and oxygen atoms in total. The fourth-order valence-electron chi connectivity index (χ4n) is 4.17. The smallest absolute Gasteiger partial charge is 0.0473 e. The maximum Gasteiger partial charge on any atom is 0.0473 e. The van der Waals surface area contributed by atoms with Gasteiger partial charge in [-0.2, -0.15) is 0 Å². The van der Waals surface area contributed by atoms with Crippen LogP contribution in [0.3, 0.4) is 0 Å². The maximum absolute atomic E-state index is 6.17. The number of likely N-dealkylation sites (tertiary alicyclic amines) is 1. The summed E-state index contributed by atoms with van der Waals surface area (Å²) in [5.41, 5.74) is 10.5. The van der Waals surface area contributed by atoms with Gasteiger partial charge in [-0.3, -0.25) is 4.90 Å². The average molecular weight is 287 g/mol. The number of benzene rings is 1. The van der Waals surface area contributed by atoms with Gasteiger partial charge in [-0.05, 0) is 48.9 Å². The molecule has 2 aliphatic heterocycles. The summed E-state index contributed by atoms with van der Waals surface area (Å²) in [6, 6.07) is 8.08. The van der Waals surface area contributed by atoms with E-state index in [1.807, 2.05) is 0 Å². The van der Waals surface area contributed by atoms with E-state index >= 15 is 0 Å². The SMILES string of the molecule is CC(C)C1CCCN1C(CN)c1ccc2c(c1)CCN2C. The summed E-state index contributed by atoms with van der Waals surface area (Å²) in [7, 11) is 2.18. The molecule has 2 aliphatic rings. The fraction of sp³-hybridized carbons (Fsp3) is 0.667. The maximum atomic E-state index is 6.17. The Bertz CT molecular complexity index is 497. The highest BCUT2D eigenvalue weighted by molar-refractivity contribution is 5.58. The summed E-state index contributed by atoms with van der Waals surface area (Å²) in [5.74, 6) is 0.710. The number of nitrogens with zero attached hydrogens (tertiary/aromatic N) is 2. The lowest BCUT2D eigenvalue weighted by Crippen LogP contribution is -2.40. The Labute approximate surface area is 129 Å². The summed E-state index contributed by atoms with van der Waals surface area (Å²) in [6.45, 7) is 7.74. The molecule has 3 rings (SSSR count). The van der Waals surface area contributed by atoms with Gasteiger partial charge in [-0.25, -0.2) is 0 Å². The predicted molar refractivity (Wildman–Crippen MR) is 89.8 cm³/mol. The molecular weight excluding hydrogens is 258 g/mol. The zero-order valence-corrected chi connectivity index (χ0v) is 13.7. The first-order valence-corrected chi connectivity index (χ1v) is 8.41. The Morgan fingerprint density at radius 1 is 1.29 bits per heavy atom. The van der Waals surface area contributed by atoms with Crippen molar-refractivity contribution < 1.29 is 0 Å². The Morgan fingerprint density at radius 2 is 2.10 bits per heavy atom. The van der Waals surface area contributed by atoms with E-state index in [-0.39, 0.29) is 0 Å². The molecule has 0 saturated carbocycles. The monoisotopic (exact) mass is 287 g/mol. The molecular formula is C18H29N3. The predicted octanol–water partition coefficient (Wildman–Crippen LogP) is 2.80. The van der Waals surface area contributed by atoms with Crippen LogP contribution in [-0.2, 0) is 6.42 Å². The minimum Gasteiger partial charge on any atom is -0.374 e. The van der Waals surface area contributed by atoms with E-state index in [4.69, 9.17) is 5.73 Å². The molecule has 0 radical (unpaired) electrons. The van der Waals surface area contributed by atoms with Gasteiger partial charge >= 0.3 is 0 Å². The zero-order valence-electron chi connectivity index (χ0n) is 13.7. The van der Waals surface area contributed by atoms with E-state index < -0.39 is 0 Å². The molecule has 0 bridgehead atoms. The van der Waals surface area contributed by atoms with Crippen molar-refractivity contribution >= 4 is 5.69 Å². The van der Waals surface area contributed by atoms with Crippen molar-refractivity contribution in [1.29, 1.82) is 0 Å². The number of hydrogen-bond donors (Lipinski definition) is 1. The summed E-state index contributed by atoms with van der Waals surface area (Å²) < 4.78 is 0. The number of rotatable bonds is 4. The van der Waals surface area contributed by atoms with Gasteiger partial charge in [0.1, 0.15) is 0 Å². The van der Waals surface area contributed by atoms with Gasteiger partial charge in [0.2, 0.25) is 0 Å². The van der Waals surface area contributed by atoms with Crippen LogP contribution in [0.2, 0.25) is 0 Å². The highest BCUT2D eigenvalue weighted by Gasteiger charge is 2.33. The molecule has 3 heteroatoms. The molecule has 0 aromatic heterocycles. The van der Waals surface area contributed by atoms with Crippen molar-refractivity contribution in [2.75, 3.05) is 31.6 Å². The third-order valence-corrected chi connectivity index (χ3v) is 5.35. The second-order valence-electron chi connectivity index (χ2n) is 7.00. The number of fused-ring (bicyclic) bond motifs is 1. The molecule has 1 aromatic rings. The van der Waals surface area contributed by atoms with Gasteiger partial charge in [-0.15, -0.1) is 0 Å². The normalized spacial score (nSPS) is 23.9. The second-order valence-corrected chi connectivity index (χ2v) is 7.00. The Hall–Kier alpha value is -1.06. The highest BCUT2D eigenvalue weighted by Crippen LogP contribution is 2.35. The van der Waals surface area contributed by atoms with Crippen LogP contribution >= 0.6 is 0 Å². The van der Waals surface area contributed by atoms with Crippen molar-refractivity contribution in [1.82, 2.24) is 4.90 Å². The summed E-state index contributed by atoms with van der Waals surface area (Å²) in [6.07, 6.45) is 3.81. The molecule has 2 unspecified atom stereocenters. The van der Waals surface area contributed by atoms with Crippen LogP contribution in [0.5, 0.6) is 0 Å². The number of nitrogens with two attached hydrogens (primary N) is 1. The fourth-order valence-corrected chi connectivity index (χ4v) is 4.17. The van der Waals surface area contributed by atoms with Crippen LogP contribution in [-0.4, -0.2) is 37.6 Å². The molecule has 1 saturated heterocycles. The van der Waals surface area contributed by atoms with Crippen molar-refractivity contribution in [2.45, 2.75) is 45.2 Å². The van der Waals surface area contributed by atoms with Gasteiger partial charge < -0.3 is 10.6 Å². The number of likely N-dealkylation sites (N-methyl/N-ethyl adjacent to an activating group) is 1. The van der Waals surface area contributed by atoms with Crippen molar-refractivity contribution in [3.05, 3.63) is 29.3 Å². The topological polar surface area (TPSA) is 32.5 Å². The van der Waals surface area contributed by atoms with Crippen LogP contribution in [0, 0.1) is 5.92 Å². The first-order valence-electron chi connectivity index (χ1n) is 8.41. The van der Waals surface area contributed by atoms with Crippen LogP contribution < -0.4 is 10.6 Å². The van der Waals surface area contributed by atoms with Crippen molar-refractivity contribution in [2.24, 2.45) is 11.7 Å². The van der Waals surface area contributed by atoms with Gasteiger partial charge in [0.25, 0.3) is 0 Å². The molecule has 1 fully saturated rings. The average Bonchev–Trinajstić information content (AvgIpc) is 3.08. The van der Waals surface area contributed by atoms with Crippen LogP contribution in [0.1, 0.15) is 43.9 Å². The molecule has 1 aromatic carbocycles. The Kier molecular flexibility index (Phi) is 4.23. The summed E-state index contributed by atoms with van der Waals surface area (Å²) >= 11 is 0. The van der Waals surface area contributed by atoms with Crippen LogP contribution in [0.4, 0.5) is 5.69 Å². The van der Waals surface area contributed by atoms with E-state index in [2.05, 4.69) is 48.9 Å². The lowest BCUT2D eigenvalue weighted by molar-refractivity contribution is 0.149. The minimum absolute atomic E-state index is 0.385. The van der Waals surface area contributed by atoms with Crippen LogP contribution in [0.25, 0.3) is 0 Å². The molecule has 2 atom stereocenters. The molecule has 2 N–H and O–H groups in total. The molecule has 0 spiro atoms. The first-order chi connectivity index (χ1) is 10.1. The van der Waals surface area contributed by atoms with E-state index in [0.29, 0.717) is 18.0 Å². The van der Waals surface area contributed by atoms with Crippen molar-refractivity contribution in [3.63, 3.8) is 0 Å². The van der Waals surface area contributed by atoms with Gasteiger partial charge in [0.05, 0.1) is 0 Å². The lowest BCUT2D eigenvalue weighted by Gasteiger charge is -2.35. The van der Waals surface area contributed by atoms with E-state index in [9.17, 15) is 0 Å². The van der Waals surface area contributed by atoms with Crippen molar-refractivity contribution in [3.8, 4) is 0 Å². The highest BCUT2D eigenvalue weighted by atomic mass is 15.2. The summed E-state index contributed by atoms with van der Waals surface area (Å²) in [5, 5.41) is 0. The minimum atomic E-state index is 0.385. The number of anilines is 1. The Morgan fingerprint density at radius 3 is 2.81 bits per heavy atom. The number of hydrogen-bond acceptors (Lipinski definition) is 3. The largest absolute Gasteiger partial charge is 0.374 e. The third-order valence-electron chi connectivity index (χ3n) is 5.35. The third kappa shape index (κ3) is 2.69. The van der Waals surface area contributed by atoms with E-state index in [1.165, 1.54) is 42.6 Å². The molecule has 21 heavy (non-hydrogen) atoms. The molecule has 0 amide bonds. The molecule has 2 heterocycles. The zero-order chi connectivity index (χ0) is 15.0. The standard InChI is InChI=1S/C18H29N3/c1-13(2)16-5-4-9-21(16)18(12-19)14-6-7-17-15(11-14)8-10-20(17)3/h6-7,11,13,16,18H,4-5,8-10,12,19H2,1-3H3. The van der Waals surface area contributed by atoms with E-state index in [0.717, 1.165) is 13.1 Å². The van der Waals surface area contributed by atoms with E-state index in [1.54, 1.807) is 0 Å². The molecule has 0 aliphatic carbocycles. The Balaban J connectivity index is 1.87. The lowest BCUT2D eigenvalue weighted by atomic mass is 9.97. The van der Waals surface area contributed by atoms with Crippen LogP contribution in [0.15, 0.2) is 18.2 Å².